The number of nitrogens with zero attached hydrogens (tertiary/aromatic N) is 1. The Kier molecular flexibility index (Phi) is 4.24. The highest BCUT2D eigenvalue weighted by molar-refractivity contribution is 8.00. The van der Waals surface area contributed by atoms with Gasteiger partial charge in [0.2, 0.25) is 10.0 Å². The van der Waals surface area contributed by atoms with Crippen molar-refractivity contribution in [2.24, 2.45) is 0 Å². The van der Waals surface area contributed by atoms with E-state index in [1.807, 2.05) is 13.8 Å². The van der Waals surface area contributed by atoms with Crippen molar-refractivity contribution < 1.29 is 18.3 Å². The fraction of sp³-hybridized carbons (Fsp3) is 0.545. The number of thioether (sulfide) groups is 1. The molecule has 0 bridgehead atoms. The number of hydrogen-bond donors (Lipinski definition) is 1. The first-order chi connectivity index (χ1) is 8.82. The second-order valence-electron chi connectivity index (χ2n) is 4.50. The van der Waals surface area contributed by atoms with Gasteiger partial charge in [0.25, 0.3) is 0 Å². The van der Waals surface area contributed by atoms with E-state index in [0.29, 0.717) is 13.1 Å². The molecular weight excluding hydrogens is 306 g/mol. The van der Waals surface area contributed by atoms with E-state index in [9.17, 15) is 13.2 Å². The zero-order valence-corrected chi connectivity index (χ0v) is 13.0. The van der Waals surface area contributed by atoms with Crippen LogP contribution in [0, 0.1) is 0 Å². The van der Waals surface area contributed by atoms with Crippen LogP contribution in [0.3, 0.4) is 0 Å². The molecule has 1 aromatic heterocycles. The number of rotatable bonds is 3. The fourth-order valence-electron chi connectivity index (χ4n) is 2.12. The Morgan fingerprint density at radius 1 is 1.37 bits per heavy atom. The monoisotopic (exact) mass is 321 g/mol. The van der Waals surface area contributed by atoms with E-state index >= 15 is 0 Å². The highest BCUT2D eigenvalue weighted by Gasteiger charge is 2.34. The summed E-state index contributed by atoms with van der Waals surface area (Å²) in [7, 11) is -3.71. The summed E-state index contributed by atoms with van der Waals surface area (Å²) in [5.74, 6) is -1.19. The van der Waals surface area contributed by atoms with Crippen LogP contribution in [-0.2, 0) is 10.0 Å². The van der Waals surface area contributed by atoms with Crippen molar-refractivity contribution in [3.05, 3.63) is 16.3 Å². The molecule has 0 aliphatic carbocycles. The number of aromatic carboxylic acids is 1. The number of carboxylic acids is 1. The summed E-state index contributed by atoms with van der Waals surface area (Å²) in [5.41, 5.74) is 0. The van der Waals surface area contributed by atoms with Crippen molar-refractivity contribution >= 4 is 39.1 Å². The number of sulfonamides is 1. The third kappa shape index (κ3) is 2.96. The van der Waals surface area contributed by atoms with Crippen LogP contribution in [0.1, 0.15) is 23.5 Å². The maximum absolute atomic E-state index is 12.5. The van der Waals surface area contributed by atoms with E-state index in [1.165, 1.54) is 15.8 Å². The van der Waals surface area contributed by atoms with Crippen LogP contribution in [0.4, 0.5) is 0 Å². The third-order valence-electron chi connectivity index (χ3n) is 2.83. The lowest BCUT2D eigenvalue weighted by molar-refractivity contribution is 0.0698. The summed E-state index contributed by atoms with van der Waals surface area (Å²) in [5, 5.41) is 11.0. The smallest absolute Gasteiger partial charge is 0.347 e. The van der Waals surface area contributed by atoms with Gasteiger partial charge in [-0.05, 0) is 11.4 Å². The molecule has 2 heterocycles. The van der Waals surface area contributed by atoms with Crippen molar-refractivity contribution in [2.45, 2.75) is 29.2 Å². The van der Waals surface area contributed by atoms with Crippen molar-refractivity contribution in [3.63, 3.8) is 0 Å². The predicted octanol–water partition coefficient (Wildman–Crippen LogP) is 1.96. The maximum atomic E-state index is 12.5. The average molecular weight is 321 g/mol. The zero-order valence-electron chi connectivity index (χ0n) is 10.6. The van der Waals surface area contributed by atoms with E-state index in [1.54, 1.807) is 11.8 Å². The SMILES string of the molecule is CC1CN(S(=O)(=O)c2ccsc2C(=O)O)CC(C)S1. The molecule has 2 rings (SSSR count). The highest BCUT2D eigenvalue weighted by atomic mass is 32.2. The van der Waals surface area contributed by atoms with E-state index < -0.39 is 16.0 Å². The minimum absolute atomic E-state index is 0.0868. The van der Waals surface area contributed by atoms with E-state index in [2.05, 4.69) is 0 Å². The Bertz CT molecular complexity index is 571. The first-order valence-electron chi connectivity index (χ1n) is 5.78. The Morgan fingerprint density at radius 2 is 1.95 bits per heavy atom. The van der Waals surface area contributed by atoms with Crippen LogP contribution >= 0.6 is 23.1 Å². The molecule has 1 fully saturated rings. The molecule has 0 spiro atoms. The second-order valence-corrected chi connectivity index (χ2v) is 9.20. The molecule has 0 aromatic carbocycles. The minimum Gasteiger partial charge on any atom is -0.477 e. The van der Waals surface area contributed by atoms with Crippen LogP contribution in [0.2, 0.25) is 0 Å². The largest absolute Gasteiger partial charge is 0.477 e. The summed E-state index contributed by atoms with van der Waals surface area (Å²) in [6.07, 6.45) is 0. The first kappa shape index (κ1) is 14.8. The Hall–Kier alpha value is -0.570. The number of carboxylic acid groups (broad SMARTS) is 1. The summed E-state index contributed by atoms with van der Waals surface area (Å²) >= 11 is 2.69. The van der Waals surface area contributed by atoms with Crippen LogP contribution in [0.15, 0.2) is 16.3 Å². The van der Waals surface area contributed by atoms with Gasteiger partial charge in [0, 0.05) is 23.6 Å². The summed E-state index contributed by atoms with van der Waals surface area (Å²) in [6.45, 7) is 4.81. The van der Waals surface area contributed by atoms with Crippen LogP contribution in [-0.4, -0.2) is 47.4 Å². The minimum atomic E-state index is -3.71. The lowest BCUT2D eigenvalue weighted by Gasteiger charge is -2.33. The van der Waals surface area contributed by atoms with Gasteiger partial charge >= 0.3 is 5.97 Å². The maximum Gasteiger partial charge on any atom is 0.347 e. The van der Waals surface area contributed by atoms with Crippen molar-refractivity contribution in [3.8, 4) is 0 Å². The third-order valence-corrected chi connectivity index (χ3v) is 6.96. The van der Waals surface area contributed by atoms with Gasteiger partial charge < -0.3 is 5.11 Å². The molecule has 1 aliphatic heterocycles. The molecule has 1 N–H and O–H groups in total. The molecule has 106 valence electrons. The van der Waals surface area contributed by atoms with Crippen molar-refractivity contribution in [1.82, 2.24) is 4.31 Å². The Balaban J connectivity index is 2.37. The molecule has 1 aromatic rings. The molecule has 0 radical (unpaired) electrons. The van der Waals surface area contributed by atoms with Crippen LogP contribution in [0.5, 0.6) is 0 Å². The van der Waals surface area contributed by atoms with E-state index in [-0.39, 0.29) is 20.3 Å². The lowest BCUT2D eigenvalue weighted by atomic mass is 10.4. The molecule has 5 nitrogen and oxygen atoms in total. The first-order valence-corrected chi connectivity index (χ1v) is 9.05. The van der Waals surface area contributed by atoms with Crippen molar-refractivity contribution in [2.75, 3.05) is 13.1 Å². The van der Waals surface area contributed by atoms with Crippen LogP contribution in [0.25, 0.3) is 0 Å². The van der Waals surface area contributed by atoms with E-state index in [4.69, 9.17) is 5.11 Å². The summed E-state index contributed by atoms with van der Waals surface area (Å²) < 4.78 is 26.4. The second kappa shape index (κ2) is 5.43. The van der Waals surface area contributed by atoms with Gasteiger partial charge in [0.1, 0.15) is 9.77 Å². The lowest BCUT2D eigenvalue weighted by Crippen LogP contribution is -2.44. The fourth-order valence-corrected chi connectivity index (χ4v) is 6.49. The molecule has 2 atom stereocenters. The van der Waals surface area contributed by atoms with Crippen molar-refractivity contribution in [1.29, 1.82) is 0 Å². The molecule has 8 heteroatoms. The van der Waals surface area contributed by atoms with Gasteiger partial charge in [-0.15, -0.1) is 11.3 Å². The molecule has 1 aliphatic rings. The number of thiophene rings is 1. The van der Waals surface area contributed by atoms with Gasteiger partial charge in [0.15, 0.2) is 0 Å². The Labute approximate surface area is 120 Å². The van der Waals surface area contributed by atoms with E-state index in [0.717, 1.165) is 11.3 Å². The standard InChI is InChI=1S/C11H15NO4S3/c1-7-5-12(6-8(2)18-7)19(15,16)9-3-4-17-10(9)11(13)14/h3-4,7-8H,5-6H2,1-2H3,(H,13,14). The van der Waals surface area contributed by atoms with Gasteiger partial charge in [-0.3, -0.25) is 0 Å². The molecule has 19 heavy (non-hydrogen) atoms. The van der Waals surface area contributed by atoms with Gasteiger partial charge in [-0.2, -0.15) is 16.1 Å². The average Bonchev–Trinajstić information content (AvgIpc) is 2.76. The quantitative estimate of drug-likeness (QED) is 0.921. The van der Waals surface area contributed by atoms with Gasteiger partial charge in [-0.25, -0.2) is 13.2 Å². The molecule has 0 amide bonds. The van der Waals surface area contributed by atoms with Gasteiger partial charge in [0.05, 0.1) is 0 Å². The predicted molar refractivity (Wildman–Crippen MR) is 76.6 cm³/mol. The Morgan fingerprint density at radius 3 is 2.47 bits per heavy atom. The molecular formula is C11H15NO4S3. The topological polar surface area (TPSA) is 74.7 Å². The number of hydrogen-bond acceptors (Lipinski definition) is 5. The molecule has 0 saturated carbocycles. The number of carbonyl (C=O) groups is 1. The zero-order chi connectivity index (χ0) is 14.2. The summed E-state index contributed by atoms with van der Waals surface area (Å²) in [4.78, 5) is 10.9. The molecule has 1 saturated heterocycles. The highest BCUT2D eigenvalue weighted by Crippen LogP contribution is 2.31. The summed E-state index contributed by atoms with van der Waals surface area (Å²) in [6, 6.07) is 1.38. The van der Waals surface area contributed by atoms with Crippen LogP contribution < -0.4 is 0 Å². The normalized spacial score (nSPS) is 25.4. The van der Waals surface area contributed by atoms with Gasteiger partial charge in [-0.1, -0.05) is 13.8 Å². The molecule has 2 unspecified atom stereocenters.